The number of aliphatic hydroxyl groups is 1. The molecule has 1 aliphatic heterocycles. The van der Waals surface area contributed by atoms with Gasteiger partial charge < -0.3 is 15.3 Å². The Morgan fingerprint density at radius 2 is 2.25 bits per heavy atom. The predicted octanol–water partition coefficient (Wildman–Crippen LogP) is 2.15. The third kappa shape index (κ3) is 2.78. The van der Waals surface area contributed by atoms with Crippen molar-refractivity contribution in [2.45, 2.75) is 38.3 Å². The Morgan fingerprint density at radius 3 is 3.10 bits per heavy atom. The van der Waals surface area contributed by atoms with Gasteiger partial charge in [0.25, 0.3) is 0 Å². The first-order valence-electron chi connectivity index (χ1n) is 7.26. The molecule has 3 rings (SSSR count). The van der Waals surface area contributed by atoms with Crippen molar-refractivity contribution in [2.75, 3.05) is 18.9 Å². The number of nitrogen functional groups attached to an aromatic ring is 1. The number of hydrogen-bond donors (Lipinski definition) is 2. The molecule has 1 fully saturated rings. The van der Waals surface area contributed by atoms with E-state index in [2.05, 4.69) is 9.88 Å². The second-order valence-corrected chi connectivity index (χ2v) is 5.49. The Kier molecular flexibility index (Phi) is 3.89. The molecule has 2 heterocycles. The summed E-state index contributed by atoms with van der Waals surface area (Å²) in [7, 11) is 0. The average molecular weight is 275 g/mol. The van der Waals surface area contributed by atoms with E-state index in [1.807, 2.05) is 12.1 Å². The quantitative estimate of drug-likeness (QED) is 0.839. The number of nitrogens with two attached hydrogens (primary N) is 1. The Hall–Kier alpha value is -1.59. The van der Waals surface area contributed by atoms with E-state index in [0.29, 0.717) is 18.1 Å². The molecular weight excluding hydrogens is 254 g/mol. The molecule has 1 aromatic carbocycles. The zero-order chi connectivity index (χ0) is 13.9. The van der Waals surface area contributed by atoms with Gasteiger partial charge in [-0.25, -0.2) is 4.98 Å². The minimum atomic E-state index is 0.202. The number of rotatable bonds is 3. The van der Waals surface area contributed by atoms with Gasteiger partial charge in [-0.2, -0.15) is 0 Å². The number of fused-ring (bicyclic) bond motifs is 1. The molecule has 3 N–H and O–H groups in total. The van der Waals surface area contributed by atoms with Crippen molar-refractivity contribution in [3.63, 3.8) is 0 Å². The van der Waals surface area contributed by atoms with E-state index in [1.165, 1.54) is 19.3 Å². The largest absolute Gasteiger partial charge is 0.439 e. The van der Waals surface area contributed by atoms with Crippen molar-refractivity contribution >= 4 is 16.8 Å². The molecule has 1 aromatic heterocycles. The highest BCUT2D eigenvalue weighted by Crippen LogP contribution is 2.22. The first-order chi connectivity index (χ1) is 9.76. The van der Waals surface area contributed by atoms with Gasteiger partial charge in [0, 0.05) is 17.8 Å². The van der Waals surface area contributed by atoms with Crippen LogP contribution in [0.4, 0.5) is 5.69 Å². The third-order valence-corrected chi connectivity index (χ3v) is 4.00. The molecule has 1 saturated heterocycles. The van der Waals surface area contributed by atoms with Crippen LogP contribution in [0.1, 0.15) is 31.6 Å². The van der Waals surface area contributed by atoms with Gasteiger partial charge in [0.2, 0.25) is 5.89 Å². The van der Waals surface area contributed by atoms with Crippen LogP contribution in [0.25, 0.3) is 11.1 Å². The van der Waals surface area contributed by atoms with Crippen LogP contribution >= 0.6 is 0 Å². The second kappa shape index (κ2) is 5.81. The van der Waals surface area contributed by atoms with Gasteiger partial charge in [0.05, 0.1) is 13.2 Å². The van der Waals surface area contributed by atoms with Crippen LogP contribution in [0, 0.1) is 0 Å². The zero-order valence-corrected chi connectivity index (χ0v) is 11.6. The molecule has 5 nitrogen and oxygen atoms in total. The maximum absolute atomic E-state index is 9.53. The smallest absolute Gasteiger partial charge is 0.209 e. The molecule has 1 aliphatic rings. The van der Waals surface area contributed by atoms with Crippen LogP contribution in [0.15, 0.2) is 22.6 Å². The van der Waals surface area contributed by atoms with E-state index < -0.39 is 0 Å². The highest BCUT2D eigenvalue weighted by Gasteiger charge is 2.22. The number of hydrogen-bond acceptors (Lipinski definition) is 5. The summed E-state index contributed by atoms with van der Waals surface area (Å²) in [6.07, 6.45) is 4.64. The first kappa shape index (κ1) is 13.4. The van der Waals surface area contributed by atoms with Crippen molar-refractivity contribution in [3.05, 3.63) is 24.1 Å². The number of likely N-dealkylation sites (tertiary alicyclic amines) is 1. The first-order valence-corrected chi connectivity index (χ1v) is 7.26. The predicted molar refractivity (Wildman–Crippen MR) is 78.2 cm³/mol. The number of benzene rings is 1. The van der Waals surface area contributed by atoms with E-state index in [4.69, 9.17) is 10.2 Å². The van der Waals surface area contributed by atoms with Gasteiger partial charge in [-0.05, 0) is 31.5 Å². The molecule has 1 atom stereocenters. The van der Waals surface area contributed by atoms with E-state index in [0.717, 1.165) is 24.1 Å². The van der Waals surface area contributed by atoms with Gasteiger partial charge in [0.1, 0.15) is 5.52 Å². The average Bonchev–Trinajstić information content (AvgIpc) is 2.68. The fraction of sp³-hybridized carbons (Fsp3) is 0.533. The zero-order valence-electron chi connectivity index (χ0n) is 11.6. The van der Waals surface area contributed by atoms with E-state index in [-0.39, 0.29) is 12.6 Å². The molecule has 0 spiro atoms. The fourth-order valence-electron chi connectivity index (χ4n) is 2.88. The SMILES string of the molecule is Nc1ccc2nc(CN3CCCCCC3CO)oc2c1. The van der Waals surface area contributed by atoms with Crippen molar-refractivity contribution in [3.8, 4) is 0 Å². The van der Waals surface area contributed by atoms with Crippen LogP contribution < -0.4 is 5.73 Å². The van der Waals surface area contributed by atoms with Gasteiger partial charge in [-0.15, -0.1) is 0 Å². The second-order valence-electron chi connectivity index (χ2n) is 5.49. The van der Waals surface area contributed by atoms with Crippen molar-refractivity contribution < 1.29 is 9.52 Å². The molecule has 0 bridgehead atoms. The van der Waals surface area contributed by atoms with Gasteiger partial charge >= 0.3 is 0 Å². The van der Waals surface area contributed by atoms with E-state index >= 15 is 0 Å². The lowest BCUT2D eigenvalue weighted by atomic mass is 10.1. The lowest BCUT2D eigenvalue weighted by Crippen LogP contribution is -2.36. The van der Waals surface area contributed by atoms with Crippen LogP contribution in [0.5, 0.6) is 0 Å². The normalized spacial score (nSPS) is 21.1. The summed E-state index contributed by atoms with van der Waals surface area (Å²) in [5.41, 5.74) is 8.00. The number of aliphatic hydroxyl groups excluding tert-OH is 1. The molecule has 0 saturated carbocycles. The molecule has 108 valence electrons. The lowest BCUT2D eigenvalue weighted by molar-refractivity contribution is 0.110. The summed E-state index contributed by atoms with van der Waals surface area (Å²) in [5, 5.41) is 9.53. The van der Waals surface area contributed by atoms with Gasteiger partial charge in [0.15, 0.2) is 5.58 Å². The molecule has 0 amide bonds. The molecule has 20 heavy (non-hydrogen) atoms. The minimum absolute atomic E-state index is 0.202. The summed E-state index contributed by atoms with van der Waals surface area (Å²) in [6.45, 7) is 1.85. The van der Waals surface area contributed by atoms with Crippen molar-refractivity contribution in [1.82, 2.24) is 9.88 Å². The van der Waals surface area contributed by atoms with Crippen LogP contribution in [0.3, 0.4) is 0 Å². The Labute approximate surface area is 118 Å². The van der Waals surface area contributed by atoms with Crippen LogP contribution in [-0.4, -0.2) is 34.2 Å². The van der Waals surface area contributed by atoms with Gasteiger partial charge in [-0.1, -0.05) is 12.8 Å². The highest BCUT2D eigenvalue weighted by atomic mass is 16.3. The summed E-state index contributed by atoms with van der Waals surface area (Å²) < 4.78 is 5.77. The van der Waals surface area contributed by atoms with E-state index in [9.17, 15) is 5.11 Å². The van der Waals surface area contributed by atoms with Crippen LogP contribution in [0.2, 0.25) is 0 Å². The Balaban J connectivity index is 1.80. The Morgan fingerprint density at radius 1 is 1.35 bits per heavy atom. The lowest BCUT2D eigenvalue weighted by Gasteiger charge is -2.26. The molecule has 1 unspecified atom stereocenters. The summed E-state index contributed by atoms with van der Waals surface area (Å²) in [4.78, 5) is 6.78. The number of aromatic nitrogens is 1. The van der Waals surface area contributed by atoms with Crippen LogP contribution in [-0.2, 0) is 6.54 Å². The van der Waals surface area contributed by atoms with Crippen molar-refractivity contribution in [2.24, 2.45) is 0 Å². The number of oxazole rings is 1. The molecule has 5 heteroatoms. The number of anilines is 1. The van der Waals surface area contributed by atoms with E-state index in [1.54, 1.807) is 6.07 Å². The highest BCUT2D eigenvalue weighted by molar-refractivity contribution is 5.76. The monoisotopic (exact) mass is 275 g/mol. The molecule has 0 aliphatic carbocycles. The van der Waals surface area contributed by atoms with Gasteiger partial charge in [-0.3, -0.25) is 4.90 Å². The topological polar surface area (TPSA) is 75.5 Å². The molecule has 0 radical (unpaired) electrons. The third-order valence-electron chi connectivity index (χ3n) is 4.00. The van der Waals surface area contributed by atoms with Crippen molar-refractivity contribution in [1.29, 1.82) is 0 Å². The maximum atomic E-state index is 9.53. The maximum Gasteiger partial charge on any atom is 0.209 e. The number of nitrogens with zero attached hydrogens (tertiary/aromatic N) is 2. The Bertz CT molecular complexity index is 582. The summed E-state index contributed by atoms with van der Waals surface area (Å²) >= 11 is 0. The minimum Gasteiger partial charge on any atom is -0.439 e. The molecular formula is C15H21N3O2. The standard InChI is InChI=1S/C15H21N3O2/c16-11-5-6-13-14(8-11)20-15(17-13)9-18-7-3-1-2-4-12(18)10-19/h5-6,8,12,19H,1-4,7,9-10,16H2. The molecule has 2 aromatic rings. The summed E-state index contributed by atoms with van der Waals surface area (Å²) in [6, 6.07) is 5.73. The summed E-state index contributed by atoms with van der Waals surface area (Å²) in [5.74, 6) is 0.700. The fourth-order valence-corrected chi connectivity index (χ4v) is 2.88.